The Kier molecular flexibility index (Phi) is 36.7. The number of ether oxygens (including phenoxy) is 2. The molecule has 378 valence electrons. The van der Waals surface area contributed by atoms with Crippen LogP contribution < -0.4 is 16.8 Å². The third kappa shape index (κ3) is 27.5. The van der Waals surface area contributed by atoms with E-state index in [-0.39, 0.29) is 71.6 Å². The fourth-order valence-corrected chi connectivity index (χ4v) is 6.60. The van der Waals surface area contributed by atoms with Gasteiger partial charge in [0, 0.05) is 84.3 Å². The highest BCUT2D eigenvalue weighted by atomic mass is 16.7. The van der Waals surface area contributed by atoms with Gasteiger partial charge in [-0.2, -0.15) is 5.06 Å². The van der Waals surface area contributed by atoms with Crippen molar-refractivity contribution in [3.63, 3.8) is 0 Å². The summed E-state index contributed by atoms with van der Waals surface area (Å²) >= 11 is 0. The number of benzene rings is 2. The highest BCUT2D eigenvalue weighted by molar-refractivity contribution is 6.12. The van der Waals surface area contributed by atoms with E-state index in [0.29, 0.717) is 19.1 Å². The van der Waals surface area contributed by atoms with Crippen LogP contribution in [-0.2, 0) is 52.7 Å². The molecule has 2 aliphatic carbocycles. The van der Waals surface area contributed by atoms with Gasteiger partial charge < -0.3 is 36.5 Å². The van der Waals surface area contributed by atoms with Crippen molar-refractivity contribution >= 4 is 47.3 Å². The summed E-state index contributed by atoms with van der Waals surface area (Å²) in [4.78, 5) is 91.2. The summed E-state index contributed by atoms with van der Waals surface area (Å²) < 4.78 is 10.00. The fraction of sp³-hybridized carbons (Fsp3) is 0.551. The molecule has 4 amide bonds. The molecule has 2 heterocycles. The second kappa shape index (κ2) is 37.4. The van der Waals surface area contributed by atoms with E-state index >= 15 is 0 Å². The summed E-state index contributed by atoms with van der Waals surface area (Å²) in [5.41, 5.74) is 14.3. The van der Waals surface area contributed by atoms with E-state index in [2.05, 4.69) is 40.2 Å². The Morgan fingerprint density at radius 3 is 1.46 bits per heavy atom. The minimum Gasteiger partial charge on any atom is -0.481 e. The lowest BCUT2D eigenvalue weighted by Gasteiger charge is -2.29. The van der Waals surface area contributed by atoms with E-state index in [0.717, 1.165) is 57.9 Å². The molecule has 0 atom stereocenters. The van der Waals surface area contributed by atoms with Crippen LogP contribution in [0.1, 0.15) is 118 Å². The number of hydrogen-bond donors (Lipinski definition) is 5. The first kappa shape index (κ1) is 65.6. The van der Waals surface area contributed by atoms with Crippen molar-refractivity contribution < 1.29 is 62.9 Å². The first-order valence-corrected chi connectivity index (χ1v) is 22.2. The number of carboxylic acid groups (broad SMARTS) is 1. The van der Waals surface area contributed by atoms with E-state index in [9.17, 15) is 33.6 Å². The van der Waals surface area contributed by atoms with Crippen LogP contribution in [0.5, 0.6) is 0 Å². The van der Waals surface area contributed by atoms with Crippen LogP contribution in [0.4, 0.5) is 0 Å². The molecule has 0 spiro atoms. The Balaban J connectivity index is -0.000000768. The Labute approximate surface area is 397 Å². The summed E-state index contributed by atoms with van der Waals surface area (Å²) in [5, 5.41) is 18.1. The molecular weight excluding hydrogens is 867 g/mol. The number of hydrogen-bond acceptors (Lipinski definition) is 15. The molecule has 7 N–H and O–H groups in total. The number of ketones is 1. The molecule has 67 heavy (non-hydrogen) atoms. The number of nitrogens with two attached hydrogens (primary N) is 2. The second-order valence-electron chi connectivity index (χ2n) is 15.4. The molecule has 2 aliphatic heterocycles. The molecule has 0 aromatic heterocycles. The van der Waals surface area contributed by atoms with E-state index in [4.69, 9.17) is 30.2 Å². The van der Waals surface area contributed by atoms with Crippen molar-refractivity contribution in [1.29, 1.82) is 0 Å². The number of aliphatic hydroxyl groups excluding tert-OH is 1. The van der Waals surface area contributed by atoms with Crippen molar-refractivity contribution in [2.75, 3.05) is 54.6 Å². The van der Waals surface area contributed by atoms with Crippen molar-refractivity contribution in [3.8, 4) is 11.1 Å². The lowest BCUT2D eigenvalue weighted by Crippen LogP contribution is -2.36. The van der Waals surface area contributed by atoms with Gasteiger partial charge in [0.15, 0.2) is 0 Å². The SMILES string of the molecule is CC.CC(=O)C1CCC(CN2C(=O)C=CC2=O)CC1.CC(=O)O.CC(=O)OC(C)(C)C.CC(=O)OCC1c2ccccc2-c2ccccc21.CN.CNCCN.CO.CON1C(=O)CCC1=O. The van der Waals surface area contributed by atoms with E-state index < -0.39 is 5.97 Å². The van der Waals surface area contributed by atoms with Crippen molar-refractivity contribution in [2.45, 2.75) is 112 Å². The van der Waals surface area contributed by atoms with Crippen molar-refractivity contribution in [1.82, 2.24) is 15.3 Å². The molecule has 2 aromatic rings. The molecule has 6 rings (SSSR count). The van der Waals surface area contributed by atoms with Crippen molar-refractivity contribution in [2.24, 2.45) is 23.3 Å². The summed E-state index contributed by atoms with van der Waals surface area (Å²) in [6.07, 6.45) is 6.86. The summed E-state index contributed by atoms with van der Waals surface area (Å²) in [6, 6.07) is 16.6. The van der Waals surface area contributed by atoms with Gasteiger partial charge in [-0.1, -0.05) is 62.4 Å². The van der Waals surface area contributed by atoms with Crippen LogP contribution in [0.25, 0.3) is 11.1 Å². The number of aliphatic carboxylic acids is 1. The van der Waals surface area contributed by atoms with E-state index in [1.807, 2.05) is 65.9 Å². The monoisotopic (exact) mass is 946 g/mol. The number of nitrogens with zero attached hydrogens (tertiary/aromatic N) is 2. The number of imide groups is 2. The maximum absolute atomic E-state index is 11.4. The minimum absolute atomic E-state index is 0.168. The van der Waals surface area contributed by atoms with Gasteiger partial charge in [0.05, 0.1) is 7.11 Å². The summed E-state index contributed by atoms with van der Waals surface area (Å²) in [6.45, 7) is 17.7. The molecule has 4 aliphatic rings. The molecule has 0 bridgehead atoms. The maximum atomic E-state index is 11.4. The van der Waals surface area contributed by atoms with Gasteiger partial charge in [0.2, 0.25) is 0 Å². The van der Waals surface area contributed by atoms with Gasteiger partial charge in [-0.05, 0) is 95.6 Å². The average molecular weight is 946 g/mol. The van der Waals surface area contributed by atoms with Gasteiger partial charge in [-0.3, -0.25) is 48.1 Å². The molecule has 18 heteroatoms. The molecule has 2 fully saturated rings. The van der Waals surface area contributed by atoms with E-state index in [1.54, 1.807) is 6.92 Å². The van der Waals surface area contributed by atoms with Crippen LogP contribution in [0.15, 0.2) is 60.7 Å². The number of carbonyl (C=O) groups is 8. The number of hydroxylamine groups is 2. The zero-order valence-electron chi connectivity index (χ0n) is 42.0. The minimum atomic E-state index is -0.833. The molecule has 2 aromatic carbocycles. The number of aliphatic hydroxyl groups is 1. The topological polar surface area (TPSA) is 275 Å². The van der Waals surface area contributed by atoms with E-state index in [1.165, 1.54) is 67.3 Å². The maximum Gasteiger partial charge on any atom is 0.303 e. The third-order valence-electron chi connectivity index (χ3n) is 9.21. The summed E-state index contributed by atoms with van der Waals surface area (Å²) in [7, 11) is 5.69. The highest BCUT2D eigenvalue weighted by Gasteiger charge is 2.31. The van der Waals surface area contributed by atoms with Crippen LogP contribution in [0, 0.1) is 11.8 Å². The standard InChI is InChI=1S/C16H14O2.C13H17NO3.C6H12O2.C5H7NO3.C3H10N2.C2H4O2.C2H6.CH5N.CH4O/c1-11(17)18-10-16-14-8-4-2-6-12(14)13-7-3-5-9-15(13)16;1-9(15)11-4-2-10(3-5-11)8-14-12(16)6-7-13(14)17;1-5(7)8-6(2,3)4;1-9-6-4(7)2-3-5(6)8;1-5-3-2-4;1-2(3)4;3*1-2/h2-9,16H,10H2,1H3;6-7,10-11H,2-5,8H2,1H3;1-4H3;2-3H2,1H3;5H,2-4H2,1H3;1H3,(H,3,4);1-2H3;2H2,1H3;2H,1H3. The predicted octanol–water partition coefficient (Wildman–Crippen LogP) is 5.18. The number of carbonyl (C=O) groups excluding carboxylic acids is 7. The first-order chi connectivity index (χ1) is 31.7. The zero-order valence-corrected chi connectivity index (χ0v) is 42.0. The third-order valence-corrected chi connectivity index (χ3v) is 9.21. The second-order valence-corrected chi connectivity index (χ2v) is 15.4. The lowest BCUT2D eigenvalue weighted by molar-refractivity contribution is -0.179. The Hall–Kier alpha value is -5.66. The number of rotatable bonds is 8. The number of amides is 4. The lowest BCUT2D eigenvalue weighted by atomic mass is 9.80. The number of nitrogens with one attached hydrogen (secondary N) is 1. The summed E-state index contributed by atoms with van der Waals surface area (Å²) in [5.74, 6) is -1.21. The number of likely N-dealkylation sites (N-methyl/N-ethyl adjacent to an activating group) is 1. The van der Waals surface area contributed by atoms with Gasteiger partial charge in [-0.25, -0.2) is 0 Å². The zero-order chi connectivity index (χ0) is 52.3. The smallest absolute Gasteiger partial charge is 0.303 e. The number of esters is 2. The highest BCUT2D eigenvalue weighted by Crippen LogP contribution is 2.44. The van der Waals surface area contributed by atoms with Gasteiger partial charge in [-0.15, -0.1) is 0 Å². The molecule has 0 unspecified atom stereocenters. The Morgan fingerprint density at radius 1 is 0.761 bits per heavy atom. The molecule has 18 nitrogen and oxygen atoms in total. The Bertz CT molecular complexity index is 1750. The molecule has 0 radical (unpaired) electrons. The largest absolute Gasteiger partial charge is 0.481 e. The van der Waals surface area contributed by atoms with Crippen molar-refractivity contribution in [3.05, 3.63) is 71.8 Å². The number of fused-ring (bicyclic) bond motifs is 3. The number of carboxylic acids is 1. The van der Waals surface area contributed by atoms with Gasteiger partial charge in [0.1, 0.15) is 18.0 Å². The number of Topliss-reactive ketones (excluding diaryl/α,β-unsaturated/α-hetero) is 1. The van der Waals surface area contributed by atoms with Gasteiger partial charge in [0.25, 0.3) is 29.6 Å². The van der Waals surface area contributed by atoms with Gasteiger partial charge >= 0.3 is 11.9 Å². The van der Waals surface area contributed by atoms with Crippen LogP contribution >= 0.6 is 0 Å². The molecule has 1 saturated carbocycles. The van der Waals surface area contributed by atoms with Crippen LogP contribution in [0.2, 0.25) is 0 Å². The average Bonchev–Trinajstić information content (AvgIpc) is 3.92. The first-order valence-electron chi connectivity index (χ1n) is 22.2. The van der Waals surface area contributed by atoms with Crippen LogP contribution in [-0.4, -0.2) is 128 Å². The predicted molar refractivity (Wildman–Crippen MR) is 258 cm³/mol. The fourth-order valence-electron chi connectivity index (χ4n) is 6.60. The molecular formula is C49H79N5O13. The Morgan fingerprint density at radius 2 is 1.18 bits per heavy atom. The van der Waals surface area contributed by atoms with Crippen LogP contribution in [0.3, 0.4) is 0 Å². The molecule has 1 saturated heterocycles. The normalized spacial score (nSPS) is 16.0. The quantitative estimate of drug-likeness (QED) is 0.168.